The highest BCUT2D eigenvalue weighted by Crippen LogP contribution is 2.15. The van der Waals surface area contributed by atoms with Gasteiger partial charge in [-0.05, 0) is 43.2 Å². The minimum absolute atomic E-state index is 0.0710. The molecule has 6 heteroatoms. The Balaban J connectivity index is 1.90. The molecule has 0 atom stereocenters. The van der Waals surface area contributed by atoms with Gasteiger partial charge in [0, 0.05) is 22.8 Å². The van der Waals surface area contributed by atoms with Crippen molar-refractivity contribution in [1.82, 2.24) is 5.32 Å². The smallest absolute Gasteiger partial charge is 0.261 e. The largest absolute Gasteiger partial charge is 0.352 e. The molecule has 0 aliphatic rings. The van der Waals surface area contributed by atoms with Crippen LogP contribution in [0.15, 0.2) is 53.4 Å². The molecule has 4 nitrogen and oxygen atoms in total. The molecule has 2 aromatic carbocycles. The number of carbonyl (C=O) groups excluding carboxylic acids is 1. The van der Waals surface area contributed by atoms with Gasteiger partial charge in [-0.25, -0.2) is 8.42 Å². The SMILES string of the molecule is Cc1cccc(C(=O)NCCc2ccc(S(=O)(=O)Cl)cc2)c1. The van der Waals surface area contributed by atoms with Gasteiger partial charge >= 0.3 is 0 Å². The summed E-state index contributed by atoms with van der Waals surface area (Å²) in [5.74, 6) is -0.122. The van der Waals surface area contributed by atoms with Gasteiger partial charge in [0.15, 0.2) is 0 Å². The molecule has 1 amide bonds. The fraction of sp³-hybridized carbons (Fsp3) is 0.188. The van der Waals surface area contributed by atoms with E-state index in [1.165, 1.54) is 12.1 Å². The van der Waals surface area contributed by atoms with Crippen LogP contribution in [0.1, 0.15) is 21.5 Å². The van der Waals surface area contributed by atoms with Crippen LogP contribution in [0.25, 0.3) is 0 Å². The number of amides is 1. The van der Waals surface area contributed by atoms with E-state index in [0.29, 0.717) is 18.5 Å². The fourth-order valence-electron chi connectivity index (χ4n) is 2.03. The molecule has 1 N–H and O–H groups in total. The lowest BCUT2D eigenvalue weighted by molar-refractivity contribution is 0.0954. The normalized spacial score (nSPS) is 11.2. The number of rotatable bonds is 5. The van der Waals surface area contributed by atoms with Gasteiger partial charge in [0.05, 0.1) is 4.90 Å². The highest BCUT2D eigenvalue weighted by Gasteiger charge is 2.09. The highest BCUT2D eigenvalue weighted by molar-refractivity contribution is 8.13. The van der Waals surface area contributed by atoms with E-state index >= 15 is 0 Å². The standard InChI is InChI=1S/C16H16ClNO3S/c1-12-3-2-4-14(11-12)16(19)18-10-9-13-5-7-15(8-6-13)22(17,20)21/h2-8,11H,9-10H2,1H3,(H,18,19). The first kappa shape index (κ1) is 16.5. The first-order valence-electron chi connectivity index (χ1n) is 6.75. The van der Waals surface area contributed by atoms with Crippen molar-refractivity contribution < 1.29 is 13.2 Å². The minimum Gasteiger partial charge on any atom is -0.352 e. The monoisotopic (exact) mass is 337 g/mol. The van der Waals surface area contributed by atoms with Crippen LogP contribution in [0.2, 0.25) is 0 Å². The molecule has 0 spiro atoms. The predicted octanol–water partition coefficient (Wildman–Crippen LogP) is 2.90. The second-order valence-electron chi connectivity index (χ2n) is 4.96. The number of nitrogens with one attached hydrogen (secondary N) is 1. The Bertz CT molecular complexity index is 770. The van der Waals surface area contributed by atoms with E-state index in [2.05, 4.69) is 5.32 Å². The van der Waals surface area contributed by atoms with Crippen LogP contribution in [0.4, 0.5) is 0 Å². The molecule has 0 bridgehead atoms. The molecule has 116 valence electrons. The van der Waals surface area contributed by atoms with E-state index in [1.54, 1.807) is 18.2 Å². The Morgan fingerprint density at radius 2 is 1.82 bits per heavy atom. The Kier molecular flexibility index (Phi) is 5.21. The topological polar surface area (TPSA) is 63.2 Å². The maximum absolute atomic E-state index is 12.0. The second kappa shape index (κ2) is 6.94. The van der Waals surface area contributed by atoms with Crippen molar-refractivity contribution in [3.8, 4) is 0 Å². The van der Waals surface area contributed by atoms with Gasteiger partial charge in [-0.15, -0.1) is 0 Å². The van der Waals surface area contributed by atoms with Crippen LogP contribution in [-0.2, 0) is 15.5 Å². The van der Waals surface area contributed by atoms with Crippen LogP contribution >= 0.6 is 10.7 Å². The zero-order valence-corrected chi connectivity index (χ0v) is 13.6. The van der Waals surface area contributed by atoms with Crippen LogP contribution in [0.3, 0.4) is 0 Å². The lowest BCUT2D eigenvalue weighted by atomic mass is 10.1. The average molecular weight is 338 g/mol. The molecule has 2 aromatic rings. The summed E-state index contributed by atoms with van der Waals surface area (Å²) in [5, 5.41) is 2.84. The minimum atomic E-state index is -3.69. The van der Waals surface area contributed by atoms with E-state index < -0.39 is 9.05 Å². The van der Waals surface area contributed by atoms with Crippen molar-refractivity contribution in [2.24, 2.45) is 0 Å². The molecular formula is C16H16ClNO3S. The molecule has 0 radical (unpaired) electrons. The molecule has 0 aromatic heterocycles. The van der Waals surface area contributed by atoms with E-state index in [9.17, 15) is 13.2 Å². The molecule has 2 rings (SSSR count). The first-order chi connectivity index (χ1) is 10.4. The van der Waals surface area contributed by atoms with Crippen LogP contribution in [-0.4, -0.2) is 20.9 Å². The van der Waals surface area contributed by atoms with E-state index in [4.69, 9.17) is 10.7 Å². The summed E-state index contributed by atoms with van der Waals surface area (Å²) in [4.78, 5) is 12.0. The third-order valence-electron chi connectivity index (χ3n) is 3.18. The zero-order chi connectivity index (χ0) is 16.2. The summed E-state index contributed by atoms with van der Waals surface area (Å²) in [6.45, 7) is 2.41. The number of aryl methyl sites for hydroxylation is 1. The highest BCUT2D eigenvalue weighted by atomic mass is 35.7. The number of halogens is 1. The van der Waals surface area contributed by atoms with E-state index in [-0.39, 0.29) is 10.8 Å². The summed E-state index contributed by atoms with van der Waals surface area (Å²) in [6, 6.07) is 13.7. The van der Waals surface area contributed by atoms with Crippen molar-refractivity contribution in [3.63, 3.8) is 0 Å². The summed E-state index contributed by atoms with van der Waals surface area (Å²) in [5.41, 5.74) is 2.59. The van der Waals surface area contributed by atoms with Crippen molar-refractivity contribution >= 4 is 25.6 Å². The lowest BCUT2D eigenvalue weighted by Gasteiger charge is -2.06. The number of benzene rings is 2. The summed E-state index contributed by atoms with van der Waals surface area (Å²) < 4.78 is 22.3. The molecule has 0 aliphatic heterocycles. The van der Waals surface area contributed by atoms with Gasteiger partial charge in [-0.1, -0.05) is 29.8 Å². The van der Waals surface area contributed by atoms with Crippen LogP contribution in [0, 0.1) is 6.92 Å². The van der Waals surface area contributed by atoms with Gasteiger partial charge in [-0.2, -0.15) is 0 Å². The zero-order valence-electron chi connectivity index (χ0n) is 12.0. The maximum Gasteiger partial charge on any atom is 0.261 e. The Morgan fingerprint density at radius 1 is 1.14 bits per heavy atom. The molecule has 22 heavy (non-hydrogen) atoms. The summed E-state index contributed by atoms with van der Waals surface area (Å²) in [6.07, 6.45) is 0.611. The van der Waals surface area contributed by atoms with Crippen molar-refractivity contribution in [2.45, 2.75) is 18.2 Å². The van der Waals surface area contributed by atoms with Gasteiger partial charge in [0.25, 0.3) is 15.0 Å². The number of hydrogen-bond donors (Lipinski definition) is 1. The molecule has 0 aliphatic carbocycles. The van der Waals surface area contributed by atoms with Gasteiger partial charge < -0.3 is 5.32 Å². The van der Waals surface area contributed by atoms with Gasteiger partial charge in [-0.3, -0.25) is 4.79 Å². The van der Waals surface area contributed by atoms with E-state index in [0.717, 1.165) is 11.1 Å². The van der Waals surface area contributed by atoms with Crippen LogP contribution < -0.4 is 5.32 Å². The maximum atomic E-state index is 12.0. The van der Waals surface area contributed by atoms with Gasteiger partial charge in [0.1, 0.15) is 0 Å². The molecule has 0 saturated carbocycles. The fourth-order valence-corrected chi connectivity index (χ4v) is 2.80. The summed E-state index contributed by atoms with van der Waals surface area (Å²) >= 11 is 0. The van der Waals surface area contributed by atoms with Crippen LogP contribution in [0.5, 0.6) is 0 Å². The van der Waals surface area contributed by atoms with Crippen molar-refractivity contribution in [1.29, 1.82) is 0 Å². The van der Waals surface area contributed by atoms with Gasteiger partial charge in [0.2, 0.25) is 0 Å². The predicted molar refractivity (Wildman–Crippen MR) is 86.7 cm³/mol. The molecule has 0 saturated heterocycles. The number of carbonyl (C=O) groups is 1. The lowest BCUT2D eigenvalue weighted by Crippen LogP contribution is -2.25. The molecule has 0 heterocycles. The first-order valence-corrected chi connectivity index (χ1v) is 9.06. The molecule has 0 fully saturated rings. The molecular weight excluding hydrogens is 322 g/mol. The third kappa shape index (κ3) is 4.58. The molecule has 0 unspecified atom stereocenters. The Hall–Kier alpha value is -1.85. The van der Waals surface area contributed by atoms with Crippen molar-refractivity contribution in [3.05, 3.63) is 65.2 Å². The summed E-state index contributed by atoms with van der Waals surface area (Å²) in [7, 11) is 1.56. The third-order valence-corrected chi connectivity index (χ3v) is 4.55. The average Bonchev–Trinajstić information content (AvgIpc) is 2.47. The second-order valence-corrected chi connectivity index (χ2v) is 7.52. The number of hydrogen-bond acceptors (Lipinski definition) is 3. The van der Waals surface area contributed by atoms with E-state index in [1.807, 2.05) is 25.1 Å². The Morgan fingerprint density at radius 3 is 2.41 bits per heavy atom. The Labute approximate surface area is 134 Å². The van der Waals surface area contributed by atoms with Crippen molar-refractivity contribution in [2.75, 3.05) is 6.54 Å². The quantitative estimate of drug-likeness (QED) is 0.853.